The highest BCUT2D eigenvalue weighted by Crippen LogP contribution is 2.26. The Balaban J connectivity index is 1.66. The van der Waals surface area contributed by atoms with Crippen LogP contribution in [-0.4, -0.2) is 42.5 Å². The van der Waals surface area contributed by atoms with Gasteiger partial charge in [0.15, 0.2) is 0 Å². The van der Waals surface area contributed by atoms with Crippen molar-refractivity contribution in [3.8, 4) is 11.4 Å². The van der Waals surface area contributed by atoms with E-state index in [1.54, 1.807) is 12.1 Å². The molecule has 4 rings (SSSR count). The second-order valence-corrected chi connectivity index (χ2v) is 9.44. The molecule has 192 valence electrons. The van der Waals surface area contributed by atoms with E-state index in [9.17, 15) is 18.4 Å². The summed E-state index contributed by atoms with van der Waals surface area (Å²) in [5, 5.41) is 15.0. The SMILES string of the molecule is CC(C)(C)NC(=O)[C@@H](c1ccc(F)cc1)N(Cc1ccco1)C(=O)Cn1nnc(-c2ccc(F)cc2)n1. The van der Waals surface area contributed by atoms with Crippen LogP contribution in [0.4, 0.5) is 8.78 Å². The Morgan fingerprint density at radius 1 is 1.03 bits per heavy atom. The third-order valence-corrected chi connectivity index (χ3v) is 5.30. The molecule has 9 nitrogen and oxygen atoms in total. The number of aromatic nitrogens is 4. The van der Waals surface area contributed by atoms with Gasteiger partial charge in [-0.3, -0.25) is 9.59 Å². The highest BCUT2D eigenvalue weighted by atomic mass is 19.1. The maximum absolute atomic E-state index is 13.7. The van der Waals surface area contributed by atoms with Crippen LogP contribution >= 0.6 is 0 Å². The van der Waals surface area contributed by atoms with Gasteiger partial charge < -0.3 is 14.6 Å². The molecule has 0 spiro atoms. The van der Waals surface area contributed by atoms with E-state index in [-0.39, 0.29) is 18.9 Å². The molecule has 2 heterocycles. The minimum atomic E-state index is -1.10. The van der Waals surface area contributed by atoms with Gasteiger partial charge in [0.05, 0.1) is 12.8 Å². The van der Waals surface area contributed by atoms with Crippen molar-refractivity contribution in [2.24, 2.45) is 0 Å². The largest absolute Gasteiger partial charge is 0.467 e. The molecule has 0 saturated carbocycles. The van der Waals surface area contributed by atoms with E-state index in [4.69, 9.17) is 4.42 Å². The van der Waals surface area contributed by atoms with Crippen molar-refractivity contribution < 1.29 is 22.8 Å². The second-order valence-electron chi connectivity index (χ2n) is 9.44. The first-order valence-corrected chi connectivity index (χ1v) is 11.5. The van der Waals surface area contributed by atoms with E-state index < -0.39 is 35.0 Å². The molecule has 4 aromatic rings. The third kappa shape index (κ3) is 6.63. The fourth-order valence-electron chi connectivity index (χ4n) is 3.69. The number of rotatable bonds is 8. The van der Waals surface area contributed by atoms with Crippen LogP contribution in [0.15, 0.2) is 71.3 Å². The number of carbonyl (C=O) groups excluding carboxylic acids is 2. The Morgan fingerprint density at radius 3 is 2.27 bits per heavy atom. The van der Waals surface area contributed by atoms with Crippen molar-refractivity contribution >= 4 is 11.8 Å². The first kappa shape index (κ1) is 25.7. The maximum Gasteiger partial charge on any atom is 0.247 e. The molecule has 2 aromatic carbocycles. The molecule has 1 N–H and O–H groups in total. The molecule has 0 aliphatic heterocycles. The van der Waals surface area contributed by atoms with Crippen LogP contribution in [0.2, 0.25) is 0 Å². The Hall–Kier alpha value is -4.41. The van der Waals surface area contributed by atoms with Crippen molar-refractivity contribution in [2.75, 3.05) is 0 Å². The van der Waals surface area contributed by atoms with Gasteiger partial charge >= 0.3 is 0 Å². The molecule has 0 saturated heterocycles. The van der Waals surface area contributed by atoms with Crippen LogP contribution in [0.5, 0.6) is 0 Å². The molecular formula is C26H26F2N6O3. The average molecular weight is 509 g/mol. The van der Waals surface area contributed by atoms with Gasteiger partial charge in [0, 0.05) is 11.1 Å². The van der Waals surface area contributed by atoms with Gasteiger partial charge in [-0.1, -0.05) is 12.1 Å². The predicted octanol–water partition coefficient (Wildman–Crippen LogP) is 3.90. The molecule has 11 heteroatoms. The number of benzene rings is 2. The summed E-state index contributed by atoms with van der Waals surface area (Å²) in [7, 11) is 0. The van der Waals surface area contributed by atoms with Crippen LogP contribution < -0.4 is 5.32 Å². The fourth-order valence-corrected chi connectivity index (χ4v) is 3.69. The smallest absolute Gasteiger partial charge is 0.247 e. The highest BCUT2D eigenvalue weighted by Gasteiger charge is 2.34. The van der Waals surface area contributed by atoms with Crippen molar-refractivity contribution in [3.63, 3.8) is 0 Å². The number of amides is 2. The lowest BCUT2D eigenvalue weighted by Crippen LogP contribution is -2.49. The topological polar surface area (TPSA) is 106 Å². The standard InChI is InChI=1S/C26H26F2N6O3/c1-26(2,3)29-25(36)23(17-6-10-19(27)11-7-17)33(15-21-5-4-14-37-21)22(35)16-34-31-24(30-32-34)18-8-12-20(28)13-9-18/h4-14,23H,15-16H2,1-3H3,(H,29,36)/t23-/m1/s1. The minimum absolute atomic E-state index is 0.0368. The highest BCUT2D eigenvalue weighted by molar-refractivity contribution is 5.89. The summed E-state index contributed by atoms with van der Waals surface area (Å²) in [5.74, 6) is -1.16. The summed E-state index contributed by atoms with van der Waals surface area (Å²) in [6, 6.07) is 13.2. The van der Waals surface area contributed by atoms with Crippen LogP contribution in [0.3, 0.4) is 0 Å². The van der Waals surface area contributed by atoms with E-state index in [0.29, 0.717) is 16.9 Å². The molecular weight excluding hydrogens is 482 g/mol. The summed E-state index contributed by atoms with van der Waals surface area (Å²) in [5.41, 5.74) is 0.356. The Kier molecular flexibility index (Phi) is 7.42. The number of hydrogen-bond acceptors (Lipinski definition) is 6. The van der Waals surface area contributed by atoms with Gasteiger partial charge in [0.25, 0.3) is 0 Å². The van der Waals surface area contributed by atoms with Crippen LogP contribution in [0.25, 0.3) is 11.4 Å². The molecule has 0 unspecified atom stereocenters. The lowest BCUT2D eigenvalue weighted by atomic mass is 10.0. The zero-order valence-electron chi connectivity index (χ0n) is 20.6. The number of nitrogens with one attached hydrogen (secondary N) is 1. The van der Waals surface area contributed by atoms with Crippen molar-refractivity contribution in [1.82, 2.24) is 30.4 Å². The van der Waals surface area contributed by atoms with Gasteiger partial charge in [-0.2, -0.15) is 4.80 Å². The van der Waals surface area contributed by atoms with Crippen molar-refractivity contribution in [1.29, 1.82) is 0 Å². The molecule has 1 atom stereocenters. The van der Waals surface area contributed by atoms with Gasteiger partial charge in [-0.25, -0.2) is 8.78 Å². The van der Waals surface area contributed by atoms with E-state index in [0.717, 1.165) is 4.80 Å². The van der Waals surface area contributed by atoms with E-state index in [1.165, 1.54) is 59.7 Å². The van der Waals surface area contributed by atoms with Crippen molar-refractivity contribution in [3.05, 3.63) is 89.9 Å². The summed E-state index contributed by atoms with van der Waals surface area (Å²) < 4.78 is 32.4. The predicted molar refractivity (Wildman–Crippen MR) is 130 cm³/mol. The first-order chi connectivity index (χ1) is 17.6. The second kappa shape index (κ2) is 10.7. The maximum atomic E-state index is 13.7. The number of nitrogens with zero attached hydrogens (tertiary/aromatic N) is 5. The molecule has 0 radical (unpaired) electrons. The van der Waals surface area contributed by atoms with Gasteiger partial charge in [0.2, 0.25) is 17.6 Å². The lowest BCUT2D eigenvalue weighted by molar-refractivity contribution is -0.143. The molecule has 0 aliphatic carbocycles. The number of carbonyl (C=O) groups is 2. The Bertz CT molecular complexity index is 1350. The lowest BCUT2D eigenvalue weighted by Gasteiger charge is -2.33. The molecule has 37 heavy (non-hydrogen) atoms. The zero-order chi connectivity index (χ0) is 26.6. The molecule has 2 aromatic heterocycles. The molecule has 2 amide bonds. The van der Waals surface area contributed by atoms with E-state index in [1.807, 2.05) is 20.8 Å². The van der Waals surface area contributed by atoms with Crippen molar-refractivity contribution in [2.45, 2.75) is 45.4 Å². The zero-order valence-corrected chi connectivity index (χ0v) is 20.6. The van der Waals surface area contributed by atoms with Gasteiger partial charge in [-0.05, 0) is 80.1 Å². The first-order valence-electron chi connectivity index (χ1n) is 11.5. The molecule has 0 bridgehead atoms. The quantitative estimate of drug-likeness (QED) is 0.387. The summed E-state index contributed by atoms with van der Waals surface area (Å²) in [6.07, 6.45) is 1.47. The third-order valence-electron chi connectivity index (χ3n) is 5.30. The summed E-state index contributed by atoms with van der Waals surface area (Å²) in [4.78, 5) is 29.5. The van der Waals surface area contributed by atoms with Gasteiger partial charge in [0.1, 0.15) is 30.0 Å². The minimum Gasteiger partial charge on any atom is -0.467 e. The average Bonchev–Trinajstić information content (AvgIpc) is 3.51. The van der Waals surface area contributed by atoms with Crippen LogP contribution in [-0.2, 0) is 22.7 Å². The summed E-state index contributed by atoms with van der Waals surface area (Å²) >= 11 is 0. The van der Waals surface area contributed by atoms with E-state index in [2.05, 4.69) is 20.7 Å². The number of furan rings is 1. The molecule has 0 aliphatic rings. The van der Waals surface area contributed by atoms with E-state index >= 15 is 0 Å². The Morgan fingerprint density at radius 2 is 1.68 bits per heavy atom. The monoisotopic (exact) mass is 508 g/mol. The number of hydrogen-bond donors (Lipinski definition) is 1. The fraction of sp³-hybridized carbons (Fsp3) is 0.269. The number of tetrazole rings is 1. The van der Waals surface area contributed by atoms with Crippen LogP contribution in [0.1, 0.15) is 38.1 Å². The normalized spacial score (nSPS) is 12.2. The van der Waals surface area contributed by atoms with Gasteiger partial charge in [-0.15, -0.1) is 10.2 Å². The Labute approximate surface area is 212 Å². The summed E-state index contributed by atoms with van der Waals surface area (Å²) in [6.45, 7) is 5.09. The number of halogens is 2. The molecule has 0 fully saturated rings. The van der Waals surface area contributed by atoms with Crippen LogP contribution in [0, 0.1) is 11.6 Å².